The minimum absolute atomic E-state index is 0.0700. The van der Waals surface area contributed by atoms with E-state index in [2.05, 4.69) is 5.32 Å². The van der Waals surface area contributed by atoms with Crippen LogP contribution in [0.15, 0.2) is 48.6 Å². The average molecular weight is 415 g/mol. The quantitative estimate of drug-likeness (QED) is 0.310. The molecule has 0 spiro atoms. The van der Waals surface area contributed by atoms with Crippen molar-refractivity contribution in [2.24, 2.45) is 0 Å². The van der Waals surface area contributed by atoms with E-state index in [1.165, 1.54) is 0 Å². The van der Waals surface area contributed by atoms with E-state index < -0.39 is 28.6 Å². The van der Waals surface area contributed by atoms with E-state index in [1.54, 1.807) is 38.7 Å². The summed E-state index contributed by atoms with van der Waals surface area (Å²) in [6, 6.07) is 8.71. The number of hydrogen-bond acceptors (Lipinski definition) is 5. The molecule has 0 aromatic heterocycles. The average Bonchev–Trinajstić information content (AvgIpc) is 2.59. The third-order valence-electron chi connectivity index (χ3n) is 3.01. The molecule has 1 atom stereocenters. The maximum absolute atomic E-state index is 12.1. The number of esters is 1. The third kappa shape index (κ3) is 10.4. The van der Waals surface area contributed by atoms with Crippen molar-refractivity contribution in [3.05, 3.63) is 54.1 Å². The normalized spacial score (nSPS) is 12.9. The Morgan fingerprint density at radius 3 is 2.41 bits per heavy atom. The van der Waals surface area contributed by atoms with E-state index in [-0.39, 0.29) is 21.4 Å². The summed E-state index contributed by atoms with van der Waals surface area (Å²) in [6.45, 7) is 5.15. The Labute approximate surface area is 166 Å². The number of ether oxygens (including phenoxy) is 2. The zero-order valence-electron chi connectivity index (χ0n) is 15.9. The molecule has 6 nitrogen and oxygen atoms in total. The molecule has 1 aromatic rings. The van der Waals surface area contributed by atoms with Crippen molar-refractivity contribution < 1.29 is 38.8 Å². The van der Waals surface area contributed by atoms with Crippen LogP contribution in [0.2, 0.25) is 5.82 Å². The Balaban J connectivity index is 2.70. The molecule has 1 amide bonds. The summed E-state index contributed by atoms with van der Waals surface area (Å²) in [5, 5.41) is 2.45. The predicted octanol–water partition coefficient (Wildman–Crippen LogP) is 4.33. The van der Waals surface area contributed by atoms with E-state index >= 15 is 0 Å². The molecular weight excluding hydrogens is 390 g/mol. The van der Waals surface area contributed by atoms with Crippen LogP contribution in [0.5, 0.6) is 0 Å². The first-order chi connectivity index (χ1) is 12.7. The fourth-order valence-electron chi connectivity index (χ4n) is 1.87. The molecule has 0 bridgehead atoms. The topological polar surface area (TPSA) is 81.7 Å². The van der Waals surface area contributed by atoms with Crippen molar-refractivity contribution in [3.63, 3.8) is 0 Å². The number of nitrogens with one attached hydrogen (secondary N) is 1. The monoisotopic (exact) mass is 415 g/mol. The number of hydrogen-bond donors (Lipinski definition) is 1. The molecule has 0 aliphatic rings. The van der Waals surface area contributed by atoms with Crippen molar-refractivity contribution in [1.82, 2.24) is 5.32 Å². The Hall–Kier alpha value is -2.37. The summed E-state index contributed by atoms with van der Waals surface area (Å²) in [5.74, 6) is 0.768. The molecule has 148 valence electrons. The molecular formula is C20H25FeNO5. The van der Waals surface area contributed by atoms with Crippen LogP contribution in [-0.4, -0.2) is 28.6 Å². The summed E-state index contributed by atoms with van der Waals surface area (Å²) >= 11 is 0.0700. The van der Waals surface area contributed by atoms with Gasteiger partial charge in [-0.3, -0.25) is 0 Å². The van der Waals surface area contributed by atoms with Gasteiger partial charge in [-0.1, -0.05) is 6.07 Å². The van der Waals surface area contributed by atoms with Crippen LogP contribution >= 0.6 is 0 Å². The second-order valence-corrected chi connectivity index (χ2v) is 7.46. The molecule has 0 aliphatic carbocycles. The summed E-state index contributed by atoms with van der Waals surface area (Å²) in [5.41, 5.74) is 0.338. The molecule has 1 aromatic carbocycles. The molecule has 0 aliphatic heterocycles. The van der Waals surface area contributed by atoms with Crippen LogP contribution in [0.1, 0.15) is 32.8 Å². The van der Waals surface area contributed by atoms with Gasteiger partial charge in [0.05, 0.1) is 0 Å². The van der Waals surface area contributed by atoms with Gasteiger partial charge < -0.3 is 0 Å². The van der Waals surface area contributed by atoms with Crippen molar-refractivity contribution in [3.8, 4) is 0 Å². The Morgan fingerprint density at radius 1 is 1.15 bits per heavy atom. The van der Waals surface area contributed by atoms with E-state index in [0.29, 0.717) is 0 Å². The zero-order chi connectivity index (χ0) is 20.3. The zero-order valence-corrected chi connectivity index (χ0v) is 17.0. The van der Waals surface area contributed by atoms with Gasteiger partial charge >= 0.3 is 160 Å². The molecule has 27 heavy (non-hydrogen) atoms. The molecule has 1 N–H and O–H groups in total. The van der Waals surface area contributed by atoms with Crippen LogP contribution in [-0.2, 0) is 29.2 Å². The Bertz CT molecular complexity index is 692. The molecule has 0 saturated carbocycles. The molecule has 1 unspecified atom stereocenters. The second-order valence-electron chi connectivity index (χ2n) is 6.46. The van der Waals surface area contributed by atoms with Gasteiger partial charge in [-0.25, -0.2) is 0 Å². The summed E-state index contributed by atoms with van der Waals surface area (Å²) in [7, 11) is 0. The predicted molar refractivity (Wildman–Crippen MR) is 99.7 cm³/mol. The van der Waals surface area contributed by atoms with Gasteiger partial charge in [0.25, 0.3) is 0 Å². The summed E-state index contributed by atoms with van der Waals surface area (Å²) < 4.78 is 9.87. The van der Waals surface area contributed by atoms with Gasteiger partial charge in [0.2, 0.25) is 0 Å². The number of allylic oxidation sites excluding steroid dienone is 2. The first kappa shape index (κ1) is 22.7. The second kappa shape index (κ2) is 11.4. The molecule has 0 radical (unpaired) electrons. The van der Waals surface area contributed by atoms with Gasteiger partial charge in [0, 0.05) is 0 Å². The van der Waals surface area contributed by atoms with Crippen LogP contribution in [0, 0.1) is 0 Å². The van der Waals surface area contributed by atoms with Crippen molar-refractivity contribution in [1.29, 1.82) is 0 Å². The van der Waals surface area contributed by atoms with Crippen molar-refractivity contribution >= 4 is 23.0 Å². The summed E-state index contributed by atoms with van der Waals surface area (Å²) in [6.07, 6.45) is 6.61. The minimum atomic E-state index is -1.02. The van der Waals surface area contributed by atoms with Crippen molar-refractivity contribution in [2.45, 2.75) is 44.7 Å². The number of carbonyl (C=O) groups is 3. The van der Waals surface area contributed by atoms with Gasteiger partial charge in [-0.15, -0.1) is 0 Å². The maximum atomic E-state index is 12.1. The number of carbonyl (C=O) groups excluding carboxylic acids is 3. The van der Waals surface area contributed by atoms with Gasteiger partial charge in [0.15, 0.2) is 0 Å². The van der Waals surface area contributed by atoms with E-state index in [9.17, 15) is 14.4 Å². The Kier molecular flexibility index (Phi) is 9.54. The first-order valence-corrected chi connectivity index (χ1v) is 9.96. The summed E-state index contributed by atoms with van der Waals surface area (Å²) in [4.78, 5) is 34.8. The molecule has 0 fully saturated rings. The Morgan fingerprint density at radius 2 is 1.81 bits per heavy atom. The van der Waals surface area contributed by atoms with Crippen LogP contribution in [0.4, 0.5) is 9.59 Å². The molecule has 1 rings (SSSR count). The third-order valence-corrected chi connectivity index (χ3v) is 3.57. The van der Waals surface area contributed by atoms with E-state index in [4.69, 9.17) is 9.47 Å². The fraction of sp³-hybridized carbons (Fsp3) is 0.350. The van der Waals surface area contributed by atoms with Gasteiger partial charge in [-0.2, -0.15) is 0 Å². The van der Waals surface area contributed by atoms with Crippen LogP contribution in [0.25, 0.3) is 6.08 Å². The van der Waals surface area contributed by atoms with Crippen molar-refractivity contribution in [2.75, 3.05) is 0 Å². The van der Waals surface area contributed by atoms with Gasteiger partial charge in [0.1, 0.15) is 0 Å². The fourth-order valence-corrected chi connectivity index (χ4v) is 2.10. The van der Waals surface area contributed by atoms with E-state index in [0.717, 1.165) is 5.56 Å². The number of alkyl carbamates (subject to hydrolysis) is 1. The standard InChI is InChI=1S/C19H22NO5.CH3.Fe/c1-19(2,3)25-18(23)20-16(17(22)24-14-21)13-9-5-8-12-15-10-6-4-7-11-15;;/h4-12,16H,13H2,1-3H3,(H,20,23);1H3;. The number of amides is 1. The van der Waals surface area contributed by atoms with E-state index in [1.807, 2.05) is 42.5 Å². The number of rotatable bonds is 7. The molecule has 0 saturated heterocycles. The molecule has 0 heterocycles. The van der Waals surface area contributed by atoms with Gasteiger partial charge in [-0.05, 0) is 0 Å². The van der Waals surface area contributed by atoms with Crippen LogP contribution < -0.4 is 5.32 Å². The number of benzene rings is 1. The van der Waals surface area contributed by atoms with Crippen LogP contribution in [0.3, 0.4) is 0 Å². The first-order valence-electron chi connectivity index (χ1n) is 8.30. The SMILES string of the molecule is [CH3][Fe][C](=O)OC(=O)C(CC=CC=Cc1ccccc1)NC(=O)OC(C)(C)C. The molecule has 7 heteroatoms.